The second-order valence-electron chi connectivity index (χ2n) is 6.12. The van der Waals surface area contributed by atoms with Crippen LogP contribution in [0.5, 0.6) is 0 Å². The highest BCUT2D eigenvalue weighted by atomic mass is 15.1. The molecule has 0 aromatic heterocycles. The van der Waals surface area contributed by atoms with Crippen molar-refractivity contribution in [3.8, 4) is 0 Å². The normalized spacial score (nSPS) is 19.1. The van der Waals surface area contributed by atoms with Gasteiger partial charge in [-0.1, -0.05) is 51.5 Å². The van der Waals surface area contributed by atoms with Gasteiger partial charge in [0.25, 0.3) is 0 Å². The molecule has 0 saturated heterocycles. The Morgan fingerprint density at radius 2 is 1.70 bits per heavy atom. The predicted molar refractivity (Wildman–Crippen MR) is 87.2 cm³/mol. The summed E-state index contributed by atoms with van der Waals surface area (Å²) in [6.45, 7) is 11.6. The van der Waals surface area contributed by atoms with Crippen LogP contribution in [-0.2, 0) is 12.8 Å². The Kier molecular flexibility index (Phi) is 6.06. The molecule has 0 saturated carbocycles. The molecule has 2 heteroatoms. The Morgan fingerprint density at radius 1 is 1.10 bits per heavy atom. The van der Waals surface area contributed by atoms with Crippen LogP contribution in [0.3, 0.4) is 0 Å². The first-order valence-electron chi connectivity index (χ1n) is 8.27. The lowest BCUT2D eigenvalue weighted by molar-refractivity contribution is 0.219. The molecule has 2 unspecified atom stereocenters. The first kappa shape index (κ1) is 15.5. The number of rotatable bonds is 6. The van der Waals surface area contributed by atoms with E-state index < -0.39 is 0 Å². The summed E-state index contributed by atoms with van der Waals surface area (Å²) in [7, 11) is 0. The summed E-state index contributed by atoms with van der Waals surface area (Å²) in [5.41, 5.74) is 3.11. The van der Waals surface area contributed by atoms with Crippen molar-refractivity contribution in [2.75, 3.05) is 26.2 Å². The summed E-state index contributed by atoms with van der Waals surface area (Å²) >= 11 is 0. The molecule has 1 aliphatic rings. The number of nitrogens with one attached hydrogen (secondary N) is 1. The van der Waals surface area contributed by atoms with E-state index >= 15 is 0 Å². The van der Waals surface area contributed by atoms with Crippen molar-refractivity contribution in [3.05, 3.63) is 35.4 Å². The third kappa shape index (κ3) is 4.07. The summed E-state index contributed by atoms with van der Waals surface area (Å²) in [5, 5.41) is 3.68. The van der Waals surface area contributed by atoms with Crippen LogP contribution in [0.25, 0.3) is 0 Å². The van der Waals surface area contributed by atoms with Gasteiger partial charge in [-0.2, -0.15) is 0 Å². The van der Waals surface area contributed by atoms with E-state index in [1.165, 1.54) is 38.9 Å². The van der Waals surface area contributed by atoms with Crippen LogP contribution in [0, 0.1) is 5.92 Å². The number of fused-ring (bicyclic) bond motifs is 1. The average molecular weight is 274 g/mol. The summed E-state index contributed by atoms with van der Waals surface area (Å²) in [6.07, 6.45) is 3.66. The molecule has 0 spiro atoms. The lowest BCUT2D eigenvalue weighted by atomic mass is 9.98. The zero-order chi connectivity index (χ0) is 14.4. The molecular weight excluding hydrogens is 244 g/mol. The zero-order valence-corrected chi connectivity index (χ0v) is 13.4. The van der Waals surface area contributed by atoms with Crippen molar-refractivity contribution < 1.29 is 0 Å². The number of hydrogen-bond donors (Lipinski definition) is 1. The van der Waals surface area contributed by atoms with Crippen LogP contribution in [0.4, 0.5) is 0 Å². The molecule has 1 aromatic rings. The first-order chi connectivity index (χ1) is 9.74. The molecule has 1 heterocycles. The Labute approximate surface area is 124 Å². The summed E-state index contributed by atoms with van der Waals surface area (Å²) in [4.78, 5) is 2.65. The fraction of sp³-hybridized carbons (Fsp3) is 0.667. The van der Waals surface area contributed by atoms with E-state index in [1.807, 2.05) is 0 Å². The Hall–Kier alpha value is -0.860. The van der Waals surface area contributed by atoms with Crippen LogP contribution in [0.2, 0.25) is 0 Å². The van der Waals surface area contributed by atoms with E-state index in [0.29, 0.717) is 6.04 Å². The van der Waals surface area contributed by atoms with Gasteiger partial charge in [0.05, 0.1) is 0 Å². The molecule has 0 bridgehead atoms. The first-order valence-corrected chi connectivity index (χ1v) is 8.27. The van der Waals surface area contributed by atoms with Crippen molar-refractivity contribution in [2.45, 2.75) is 46.1 Å². The minimum atomic E-state index is 0.631. The molecule has 2 atom stereocenters. The van der Waals surface area contributed by atoms with Gasteiger partial charge in [-0.25, -0.2) is 0 Å². The molecule has 0 aliphatic carbocycles. The van der Waals surface area contributed by atoms with Gasteiger partial charge in [0.15, 0.2) is 0 Å². The molecular formula is C18H30N2. The monoisotopic (exact) mass is 274 g/mol. The van der Waals surface area contributed by atoms with E-state index in [0.717, 1.165) is 12.5 Å². The second kappa shape index (κ2) is 7.80. The Morgan fingerprint density at radius 3 is 2.20 bits per heavy atom. The maximum atomic E-state index is 3.68. The molecule has 1 aliphatic heterocycles. The molecule has 1 aromatic carbocycles. The fourth-order valence-corrected chi connectivity index (χ4v) is 3.17. The van der Waals surface area contributed by atoms with Gasteiger partial charge in [-0.05, 0) is 36.4 Å². The van der Waals surface area contributed by atoms with Crippen LogP contribution < -0.4 is 5.32 Å². The minimum Gasteiger partial charge on any atom is -0.313 e. The smallest absolute Gasteiger partial charge is 0.0220 e. The third-order valence-corrected chi connectivity index (χ3v) is 4.77. The van der Waals surface area contributed by atoms with Gasteiger partial charge in [0.2, 0.25) is 0 Å². The number of nitrogens with zero attached hydrogens (tertiary/aromatic N) is 1. The highest BCUT2D eigenvalue weighted by molar-refractivity contribution is 5.28. The SMILES string of the molecule is CCNC(CN1CCc2ccccc2CC1)C(C)CC. The van der Waals surface area contributed by atoms with Gasteiger partial charge in [-0.15, -0.1) is 0 Å². The van der Waals surface area contributed by atoms with Crippen LogP contribution in [0.1, 0.15) is 38.3 Å². The topological polar surface area (TPSA) is 15.3 Å². The van der Waals surface area contributed by atoms with Crippen molar-refractivity contribution in [1.29, 1.82) is 0 Å². The maximum Gasteiger partial charge on any atom is 0.0220 e. The van der Waals surface area contributed by atoms with E-state index in [9.17, 15) is 0 Å². The molecule has 0 fully saturated rings. The van der Waals surface area contributed by atoms with Crippen LogP contribution in [0.15, 0.2) is 24.3 Å². The van der Waals surface area contributed by atoms with Crippen molar-refractivity contribution in [1.82, 2.24) is 10.2 Å². The fourth-order valence-electron chi connectivity index (χ4n) is 3.17. The standard InChI is InChI=1S/C18H30N2/c1-4-15(3)18(19-5-2)14-20-12-10-16-8-6-7-9-17(16)11-13-20/h6-9,15,18-19H,4-5,10-14H2,1-3H3. The minimum absolute atomic E-state index is 0.631. The lowest BCUT2D eigenvalue weighted by Gasteiger charge is -2.30. The summed E-state index contributed by atoms with van der Waals surface area (Å²) in [6, 6.07) is 9.58. The molecule has 2 rings (SSSR count). The maximum absolute atomic E-state index is 3.68. The van der Waals surface area contributed by atoms with Crippen molar-refractivity contribution in [2.24, 2.45) is 5.92 Å². The molecule has 112 valence electrons. The van der Waals surface area contributed by atoms with Gasteiger partial charge in [0, 0.05) is 25.7 Å². The highest BCUT2D eigenvalue weighted by Crippen LogP contribution is 2.17. The highest BCUT2D eigenvalue weighted by Gasteiger charge is 2.20. The third-order valence-electron chi connectivity index (χ3n) is 4.77. The second-order valence-corrected chi connectivity index (χ2v) is 6.12. The van der Waals surface area contributed by atoms with Gasteiger partial charge in [-0.3, -0.25) is 0 Å². The quantitative estimate of drug-likeness (QED) is 0.857. The van der Waals surface area contributed by atoms with Crippen molar-refractivity contribution >= 4 is 0 Å². The van der Waals surface area contributed by atoms with Gasteiger partial charge < -0.3 is 10.2 Å². The van der Waals surface area contributed by atoms with Gasteiger partial charge in [0.1, 0.15) is 0 Å². The Bertz CT molecular complexity index is 375. The Balaban J connectivity index is 1.94. The van der Waals surface area contributed by atoms with E-state index in [2.05, 4.69) is 55.3 Å². The lowest BCUT2D eigenvalue weighted by Crippen LogP contribution is -2.45. The van der Waals surface area contributed by atoms with Crippen LogP contribution in [-0.4, -0.2) is 37.1 Å². The van der Waals surface area contributed by atoms with Crippen LogP contribution >= 0.6 is 0 Å². The zero-order valence-electron chi connectivity index (χ0n) is 13.4. The summed E-state index contributed by atoms with van der Waals surface area (Å²) in [5.74, 6) is 0.751. The van der Waals surface area contributed by atoms with E-state index in [-0.39, 0.29) is 0 Å². The molecule has 0 radical (unpaired) electrons. The van der Waals surface area contributed by atoms with E-state index in [1.54, 1.807) is 11.1 Å². The van der Waals surface area contributed by atoms with Crippen molar-refractivity contribution in [3.63, 3.8) is 0 Å². The number of likely N-dealkylation sites (N-methyl/N-ethyl adjacent to an activating group) is 1. The van der Waals surface area contributed by atoms with E-state index in [4.69, 9.17) is 0 Å². The molecule has 1 N–H and O–H groups in total. The molecule has 20 heavy (non-hydrogen) atoms. The molecule has 2 nitrogen and oxygen atoms in total. The predicted octanol–water partition coefficient (Wildman–Crippen LogP) is 3.11. The summed E-state index contributed by atoms with van der Waals surface area (Å²) < 4.78 is 0. The number of benzene rings is 1. The number of hydrogen-bond acceptors (Lipinski definition) is 2. The largest absolute Gasteiger partial charge is 0.313 e. The van der Waals surface area contributed by atoms with Gasteiger partial charge >= 0.3 is 0 Å². The molecule has 0 amide bonds. The average Bonchev–Trinajstić information content (AvgIpc) is 2.69.